The second kappa shape index (κ2) is 21.3. The second-order valence-corrected chi connectivity index (χ2v) is 25.3. The van der Waals surface area contributed by atoms with Crippen LogP contribution in [0.15, 0.2) is 309 Å². The number of aromatic nitrogens is 11. The summed E-state index contributed by atoms with van der Waals surface area (Å²) in [7, 11) is 0. The number of imidazole rings is 3. The molecule has 0 fully saturated rings. The molecule has 0 amide bonds. The number of thiazole rings is 1. The Morgan fingerprint density at radius 1 is 0.229 bits per heavy atom. The van der Waals surface area contributed by atoms with Crippen LogP contribution in [0.1, 0.15) is 0 Å². The fraction of sp³-hybridized carbons (Fsp3) is 0. The molecule has 0 bridgehead atoms. The van der Waals surface area contributed by atoms with E-state index in [1.165, 1.54) is 37.4 Å². The molecule has 0 spiro atoms. The van der Waals surface area contributed by atoms with E-state index in [0.29, 0.717) is 0 Å². The van der Waals surface area contributed by atoms with Crippen LogP contribution >= 0.6 is 11.3 Å². The first-order valence-corrected chi connectivity index (χ1v) is 32.9. The van der Waals surface area contributed by atoms with E-state index in [2.05, 4.69) is 289 Å². The zero-order valence-electron chi connectivity index (χ0n) is 51.3. The quantitative estimate of drug-likeness (QED) is 0.158. The molecule has 0 aliphatic rings. The monoisotopic (exact) mass is 1250 g/mol. The van der Waals surface area contributed by atoms with Crippen molar-refractivity contribution in [2.45, 2.75) is 0 Å². The summed E-state index contributed by atoms with van der Waals surface area (Å²) in [6, 6.07) is 108. The Kier molecular flexibility index (Phi) is 11.9. The third-order valence-electron chi connectivity index (χ3n) is 18.8. The molecule has 0 radical (unpaired) electrons. The minimum Gasteiger partial charge on any atom is -0.292 e. The molecule has 8 aromatic heterocycles. The molecular weight excluding hydrogens is 1200 g/mol. The standard InChI is InChI=1S/C45H28N6.C39H23N5S/c1-2-12-32(13-3-1)49-41-20-10-7-17-37(41)46-43(49)30-24-22-29(23-25-30)31-26-27-40-35(28-31)33-14-5-9-19-39(33)50(40)45-48-36-16-6-4-15-34(36)44-47-38-18-8-11-21-42(38)51(44)45;1-3-11-30-28(10-1)37-40-31-12-4-7-15-35(31)44(37)39(42-30)43-33-14-6-2-9-27(33)29-23-26(21-22-34(29)43)24-17-19-25(20-18-24)38-41-32-13-5-8-16-36(32)45-38/h1-28H;1-23H. The molecule has 0 saturated carbocycles. The lowest BCUT2D eigenvalue weighted by molar-refractivity contribution is 0.979. The molecule has 0 atom stereocenters. The zero-order chi connectivity index (χ0) is 63.0. The maximum Gasteiger partial charge on any atom is 0.221 e. The minimum atomic E-state index is 0.821. The number of para-hydroxylation sites is 12. The van der Waals surface area contributed by atoms with Gasteiger partial charge in [-0.15, -0.1) is 11.3 Å². The van der Waals surface area contributed by atoms with E-state index in [-0.39, 0.29) is 0 Å². The Balaban J connectivity index is 0.000000132. The van der Waals surface area contributed by atoms with Gasteiger partial charge in [0.25, 0.3) is 0 Å². The third-order valence-corrected chi connectivity index (χ3v) is 19.9. The highest BCUT2D eigenvalue weighted by molar-refractivity contribution is 7.21. The van der Waals surface area contributed by atoms with E-state index < -0.39 is 0 Å². The van der Waals surface area contributed by atoms with Crippen molar-refractivity contribution >= 4 is 131 Å². The molecule has 0 N–H and O–H groups in total. The van der Waals surface area contributed by atoms with Crippen molar-refractivity contribution in [3.8, 4) is 61.8 Å². The third kappa shape index (κ3) is 8.39. The predicted octanol–water partition coefficient (Wildman–Crippen LogP) is 20.9. The number of fused-ring (bicyclic) bond motifs is 18. The van der Waals surface area contributed by atoms with Gasteiger partial charge in [-0.25, -0.2) is 29.9 Å². The van der Waals surface area contributed by atoms with Crippen molar-refractivity contribution < 1.29 is 0 Å². The SMILES string of the molecule is c1ccc(-n2c(-c3ccc(-c4ccc5c(c4)c4ccccc4n5-c4nc5ccccc5c5nc6ccccc6n45)cc3)nc3ccccc32)cc1.c1ccc2sc(-c3ccc(-c4ccc5c(c4)c4ccccc4n5-c4nc5ccccc5c5nc6ccccc6n45)cc3)nc2c1. The van der Waals surface area contributed by atoms with Gasteiger partial charge in [0.2, 0.25) is 11.9 Å². The van der Waals surface area contributed by atoms with Crippen LogP contribution in [0.25, 0.3) is 182 Å². The van der Waals surface area contributed by atoms with E-state index in [4.69, 9.17) is 29.9 Å². The van der Waals surface area contributed by atoms with Gasteiger partial charge in [0, 0.05) is 49.1 Å². The number of benzene rings is 13. The molecule has 11 nitrogen and oxygen atoms in total. The van der Waals surface area contributed by atoms with Crippen molar-refractivity contribution in [2.75, 3.05) is 0 Å². The lowest BCUT2D eigenvalue weighted by Crippen LogP contribution is -2.06. The first-order chi connectivity index (χ1) is 47.6. The molecule has 0 unspecified atom stereocenters. The molecule has 0 aliphatic carbocycles. The number of hydrogen-bond acceptors (Lipinski definition) is 7. The maximum absolute atomic E-state index is 5.31. The summed E-state index contributed by atoms with van der Waals surface area (Å²) in [5.74, 6) is 2.58. The van der Waals surface area contributed by atoms with Crippen molar-refractivity contribution in [3.05, 3.63) is 309 Å². The van der Waals surface area contributed by atoms with Crippen molar-refractivity contribution in [3.63, 3.8) is 0 Å². The normalized spacial score (nSPS) is 12.0. The summed E-state index contributed by atoms with van der Waals surface area (Å²) >= 11 is 1.73. The van der Waals surface area contributed by atoms with Gasteiger partial charge in [0.1, 0.15) is 22.1 Å². The van der Waals surface area contributed by atoms with Crippen LogP contribution in [0.3, 0.4) is 0 Å². The van der Waals surface area contributed by atoms with Crippen LogP contribution < -0.4 is 0 Å². The summed E-state index contributed by atoms with van der Waals surface area (Å²) in [5, 5.41) is 7.83. The van der Waals surface area contributed by atoms with Crippen molar-refractivity contribution in [1.29, 1.82) is 0 Å². The van der Waals surface area contributed by atoms with Crippen molar-refractivity contribution in [1.82, 2.24) is 52.4 Å². The van der Waals surface area contributed by atoms with Gasteiger partial charge in [0.15, 0.2) is 0 Å². The highest BCUT2D eigenvalue weighted by Crippen LogP contribution is 2.41. The summed E-state index contributed by atoms with van der Waals surface area (Å²) < 4.78 is 12.4. The molecule has 0 aliphatic heterocycles. The lowest BCUT2D eigenvalue weighted by Gasteiger charge is -2.12. The van der Waals surface area contributed by atoms with Gasteiger partial charge >= 0.3 is 0 Å². The molecular formula is C84H51N11S. The zero-order valence-corrected chi connectivity index (χ0v) is 52.1. The van der Waals surface area contributed by atoms with Crippen LogP contribution in [-0.4, -0.2) is 52.4 Å². The second-order valence-electron chi connectivity index (χ2n) is 24.3. The van der Waals surface area contributed by atoms with Gasteiger partial charge < -0.3 is 0 Å². The highest BCUT2D eigenvalue weighted by atomic mass is 32.1. The van der Waals surface area contributed by atoms with Gasteiger partial charge in [-0.1, -0.05) is 188 Å². The van der Waals surface area contributed by atoms with E-state index in [1.807, 2.05) is 42.5 Å². The smallest absolute Gasteiger partial charge is 0.221 e. The Morgan fingerprint density at radius 3 is 1.14 bits per heavy atom. The van der Waals surface area contributed by atoms with Gasteiger partial charge in [-0.05, 0) is 144 Å². The number of rotatable bonds is 7. The van der Waals surface area contributed by atoms with Crippen LogP contribution in [0.2, 0.25) is 0 Å². The fourth-order valence-electron chi connectivity index (χ4n) is 14.4. The Bertz CT molecular complexity index is 6680. The van der Waals surface area contributed by atoms with Crippen LogP contribution in [0.4, 0.5) is 0 Å². The van der Waals surface area contributed by atoms with Gasteiger partial charge in [-0.2, -0.15) is 0 Å². The lowest BCUT2D eigenvalue weighted by atomic mass is 10.0. The Hall–Kier alpha value is -12.9. The van der Waals surface area contributed by atoms with E-state index >= 15 is 0 Å². The average Bonchev–Trinajstić information content (AvgIpc) is 1.55. The summed E-state index contributed by atoms with van der Waals surface area (Å²) in [4.78, 5) is 30.7. The van der Waals surface area contributed by atoms with Gasteiger partial charge in [0.05, 0.1) is 76.4 Å². The largest absolute Gasteiger partial charge is 0.292 e. The first kappa shape index (κ1) is 53.7. The Labute approximate surface area is 551 Å². The summed E-state index contributed by atoms with van der Waals surface area (Å²) in [5.41, 5.74) is 23.1. The first-order valence-electron chi connectivity index (χ1n) is 32.1. The van der Waals surface area contributed by atoms with Gasteiger partial charge in [-0.3, -0.25) is 22.5 Å². The fourth-order valence-corrected chi connectivity index (χ4v) is 15.3. The van der Waals surface area contributed by atoms with E-state index in [0.717, 1.165) is 144 Å². The van der Waals surface area contributed by atoms with Crippen LogP contribution in [0.5, 0.6) is 0 Å². The molecule has 8 heterocycles. The number of nitrogens with zero attached hydrogens (tertiary/aromatic N) is 11. The minimum absolute atomic E-state index is 0.821. The molecule has 21 aromatic rings. The molecule has 21 rings (SSSR count). The predicted molar refractivity (Wildman–Crippen MR) is 394 cm³/mol. The van der Waals surface area contributed by atoms with Crippen molar-refractivity contribution in [2.24, 2.45) is 0 Å². The number of hydrogen-bond donors (Lipinski definition) is 0. The topological polar surface area (TPSA) is 101 Å². The van der Waals surface area contributed by atoms with E-state index in [9.17, 15) is 0 Å². The molecule has 448 valence electrons. The molecule has 12 heteroatoms. The average molecular weight is 1250 g/mol. The maximum atomic E-state index is 5.31. The molecule has 96 heavy (non-hydrogen) atoms. The van der Waals surface area contributed by atoms with Crippen LogP contribution in [0, 0.1) is 0 Å². The highest BCUT2D eigenvalue weighted by Gasteiger charge is 2.24. The molecule has 13 aromatic carbocycles. The van der Waals surface area contributed by atoms with Crippen LogP contribution in [-0.2, 0) is 0 Å². The molecule has 0 saturated heterocycles. The summed E-state index contributed by atoms with van der Waals surface area (Å²) in [6.45, 7) is 0. The Morgan fingerprint density at radius 2 is 0.615 bits per heavy atom. The van der Waals surface area contributed by atoms with E-state index in [1.54, 1.807) is 11.3 Å². The summed E-state index contributed by atoms with van der Waals surface area (Å²) in [6.07, 6.45) is 0.